The van der Waals surface area contributed by atoms with E-state index >= 15 is 0 Å². The Kier molecular flexibility index (Phi) is 13.5. The van der Waals surface area contributed by atoms with Crippen LogP contribution in [0.3, 0.4) is 0 Å². The summed E-state index contributed by atoms with van der Waals surface area (Å²) < 4.78 is 51.2. The molecule has 16 nitrogen and oxygen atoms in total. The molecular formula is C42H60B3BrN6O10. The number of pyridine rings is 2. The van der Waals surface area contributed by atoms with Crippen LogP contribution >= 0.6 is 15.9 Å². The third-order valence-corrected chi connectivity index (χ3v) is 12.5. The second kappa shape index (κ2) is 17.0. The van der Waals surface area contributed by atoms with Crippen LogP contribution in [-0.2, 0) is 27.9 Å². The molecule has 7 heterocycles. The first-order valence-electron chi connectivity index (χ1n) is 20.5. The lowest BCUT2D eigenvalue weighted by Gasteiger charge is -2.32. The second-order valence-corrected chi connectivity index (χ2v) is 21.0. The minimum absolute atomic E-state index is 0.119. The smallest absolute Gasteiger partial charge is 0.489 e. The van der Waals surface area contributed by atoms with Gasteiger partial charge in [0.1, 0.15) is 36.9 Å². The zero-order valence-corrected chi connectivity index (χ0v) is 40.4. The molecule has 4 aromatic rings. The van der Waals surface area contributed by atoms with E-state index in [1.54, 1.807) is 61.3 Å². The van der Waals surface area contributed by atoms with Gasteiger partial charge in [0.25, 0.3) is 0 Å². The number of rotatable bonds is 8. The summed E-state index contributed by atoms with van der Waals surface area (Å²) in [5.41, 5.74) is -1.40. The molecule has 20 heteroatoms. The molecule has 4 aromatic heterocycles. The van der Waals surface area contributed by atoms with Crippen molar-refractivity contribution >= 4 is 53.6 Å². The molecule has 3 aliphatic rings. The summed E-state index contributed by atoms with van der Waals surface area (Å²) in [6.07, 6.45) is 6.35. The fourth-order valence-electron chi connectivity index (χ4n) is 6.17. The number of nitriles is 2. The molecule has 2 N–H and O–H groups in total. The summed E-state index contributed by atoms with van der Waals surface area (Å²) >= 11 is 3.38. The van der Waals surface area contributed by atoms with Gasteiger partial charge in [-0.3, -0.25) is 0 Å². The molecule has 0 aromatic carbocycles. The standard InChI is InChI=1S/C18H24BN3O4.C12H24B2O4.C12H12BrN3O2/c1-16(2,23)11-24-13-7-14(15-12(8-20)9-21-22(15)10-13)19-25-17(3,4)18(5,6)26-19;1-9(2)10(3,4)16-13(15-9)14-17-11(5,6)12(7,8)18-14;1-12(2,17)7-18-9-3-10(13)11-8(4-14)5-15-16(11)6-9/h7,9-10,23H,11H2,1-6H3;1-8H3;3,5-6,17H,7H2,1-2H3. The third-order valence-electron chi connectivity index (χ3n) is 11.9. The van der Waals surface area contributed by atoms with Crippen LogP contribution in [0.15, 0.2) is 41.4 Å². The largest absolute Gasteiger partial charge is 0.497 e. The number of aliphatic hydroxyl groups is 2. The second-order valence-electron chi connectivity index (χ2n) is 20.1. The van der Waals surface area contributed by atoms with Crippen molar-refractivity contribution in [1.82, 2.24) is 19.2 Å². The highest BCUT2D eigenvalue weighted by Crippen LogP contribution is 2.43. The van der Waals surface area contributed by atoms with Gasteiger partial charge in [0.05, 0.1) is 91.8 Å². The predicted molar refractivity (Wildman–Crippen MR) is 239 cm³/mol. The van der Waals surface area contributed by atoms with Crippen LogP contribution in [0.1, 0.15) is 122 Å². The van der Waals surface area contributed by atoms with Crippen LogP contribution in [-0.4, -0.2) is 109 Å². The van der Waals surface area contributed by atoms with E-state index < -0.39 is 43.5 Å². The van der Waals surface area contributed by atoms with Gasteiger partial charge in [-0.2, -0.15) is 20.7 Å². The molecule has 0 aliphatic carbocycles. The zero-order valence-electron chi connectivity index (χ0n) is 38.8. The van der Waals surface area contributed by atoms with Crippen LogP contribution in [0, 0.1) is 22.7 Å². The Bertz CT molecular complexity index is 2270. The van der Waals surface area contributed by atoms with Gasteiger partial charge < -0.3 is 47.6 Å². The van der Waals surface area contributed by atoms with Crippen LogP contribution < -0.4 is 14.9 Å². The monoisotopic (exact) mass is 920 g/mol. The maximum Gasteiger partial charge on any atom is 0.497 e. The molecule has 0 bridgehead atoms. The minimum Gasteiger partial charge on any atom is -0.489 e. The van der Waals surface area contributed by atoms with E-state index in [0.29, 0.717) is 39.1 Å². The minimum atomic E-state index is -0.971. The van der Waals surface area contributed by atoms with Crippen molar-refractivity contribution in [1.29, 1.82) is 10.5 Å². The van der Waals surface area contributed by atoms with Gasteiger partial charge in [-0.1, -0.05) is 0 Å². The summed E-state index contributed by atoms with van der Waals surface area (Å²) in [6, 6.07) is 7.77. The van der Waals surface area contributed by atoms with E-state index in [-0.39, 0.29) is 35.6 Å². The van der Waals surface area contributed by atoms with E-state index in [1.807, 2.05) is 83.1 Å². The number of nitrogens with zero attached hydrogens (tertiary/aromatic N) is 6. The number of fused-ring (bicyclic) bond motifs is 2. The zero-order chi connectivity index (χ0) is 46.6. The fourth-order valence-corrected chi connectivity index (χ4v) is 6.79. The van der Waals surface area contributed by atoms with Gasteiger partial charge in [-0.05, 0) is 139 Å². The van der Waals surface area contributed by atoms with Gasteiger partial charge >= 0.3 is 21.1 Å². The fraction of sp³-hybridized carbons (Fsp3) is 0.619. The third kappa shape index (κ3) is 10.6. The molecule has 334 valence electrons. The molecular weight excluding hydrogens is 861 g/mol. The lowest BCUT2D eigenvalue weighted by atomic mass is 9.49. The molecule has 3 fully saturated rings. The van der Waals surface area contributed by atoms with Crippen LogP contribution in [0.25, 0.3) is 11.0 Å². The number of aromatic nitrogens is 4. The summed E-state index contributed by atoms with van der Waals surface area (Å²) in [5.74, 6) is 1.08. The molecule has 0 saturated carbocycles. The Morgan fingerprint density at radius 3 is 1.32 bits per heavy atom. The molecule has 0 radical (unpaired) electrons. The SMILES string of the molecule is CC(C)(O)COc1cc(B2OC(C)(C)C(C)(C)O2)c2c(C#N)cnn2c1.CC(C)(O)COc1cc(Br)c2c(C#N)cnn2c1.CC1(C)OB(B2OC(C)(C)C(C)(C)O2)OC1(C)C. The Morgan fingerprint density at radius 2 is 0.952 bits per heavy atom. The predicted octanol–water partition coefficient (Wildman–Crippen LogP) is 6.02. The van der Waals surface area contributed by atoms with Crippen LogP contribution in [0.4, 0.5) is 0 Å². The molecule has 0 amide bonds. The average Bonchev–Trinajstić information content (AvgIpc) is 3.89. The molecule has 3 saturated heterocycles. The lowest BCUT2D eigenvalue weighted by molar-refractivity contribution is 0.00578. The molecule has 62 heavy (non-hydrogen) atoms. The highest BCUT2D eigenvalue weighted by Gasteiger charge is 2.63. The van der Waals surface area contributed by atoms with Crippen molar-refractivity contribution in [2.24, 2.45) is 0 Å². The Morgan fingerprint density at radius 1 is 0.613 bits per heavy atom. The lowest BCUT2D eigenvalue weighted by Crippen LogP contribution is -2.41. The first-order chi connectivity index (χ1) is 28.2. The number of hydrogen-bond donors (Lipinski definition) is 2. The summed E-state index contributed by atoms with van der Waals surface area (Å²) in [6.45, 7) is 31.1. The van der Waals surface area contributed by atoms with Crippen molar-refractivity contribution in [2.75, 3.05) is 13.2 Å². The Balaban J connectivity index is 0.000000181. The Labute approximate surface area is 374 Å². The first-order valence-corrected chi connectivity index (χ1v) is 21.3. The van der Waals surface area contributed by atoms with Gasteiger partial charge in [0.15, 0.2) is 0 Å². The molecule has 0 spiro atoms. The number of halogens is 1. The maximum absolute atomic E-state index is 9.91. The summed E-state index contributed by atoms with van der Waals surface area (Å²) in [5, 5.41) is 46.2. The van der Waals surface area contributed by atoms with E-state index in [2.05, 4.69) is 38.3 Å². The quantitative estimate of drug-likeness (QED) is 0.195. The first kappa shape index (κ1) is 49.3. The highest BCUT2D eigenvalue weighted by molar-refractivity contribution is 9.10. The molecule has 0 unspecified atom stereocenters. The van der Waals surface area contributed by atoms with Crippen molar-refractivity contribution in [3.63, 3.8) is 0 Å². The summed E-state index contributed by atoms with van der Waals surface area (Å²) in [4.78, 5) is 0. The van der Waals surface area contributed by atoms with E-state index in [4.69, 9.17) is 42.7 Å². The van der Waals surface area contributed by atoms with Gasteiger partial charge in [0, 0.05) is 9.94 Å². The van der Waals surface area contributed by atoms with E-state index in [1.165, 1.54) is 12.4 Å². The van der Waals surface area contributed by atoms with Gasteiger partial charge in [0.2, 0.25) is 0 Å². The van der Waals surface area contributed by atoms with Crippen molar-refractivity contribution in [2.45, 2.75) is 156 Å². The van der Waals surface area contributed by atoms with Crippen LogP contribution in [0.2, 0.25) is 0 Å². The number of hydrogen-bond acceptors (Lipinski definition) is 14. The highest BCUT2D eigenvalue weighted by atomic mass is 79.9. The van der Waals surface area contributed by atoms with E-state index in [9.17, 15) is 15.5 Å². The summed E-state index contributed by atoms with van der Waals surface area (Å²) in [7, 11) is -1.61. The van der Waals surface area contributed by atoms with E-state index in [0.717, 1.165) is 4.47 Å². The van der Waals surface area contributed by atoms with Crippen molar-refractivity contribution in [3.05, 3.63) is 52.5 Å². The van der Waals surface area contributed by atoms with Crippen molar-refractivity contribution in [3.8, 4) is 23.6 Å². The molecule has 7 rings (SSSR count). The van der Waals surface area contributed by atoms with Crippen LogP contribution in [0.5, 0.6) is 11.5 Å². The van der Waals surface area contributed by atoms with Gasteiger partial charge in [-0.25, -0.2) is 9.03 Å². The number of ether oxygens (including phenoxy) is 2. The molecule has 0 atom stereocenters. The maximum atomic E-state index is 9.91. The topological polar surface area (TPSA) is 196 Å². The van der Waals surface area contributed by atoms with Gasteiger partial charge in [-0.15, -0.1) is 0 Å². The average molecular weight is 921 g/mol. The normalized spacial score (nSPS) is 20.6. The molecule has 3 aliphatic heterocycles. The Hall–Kier alpha value is -3.69. The van der Waals surface area contributed by atoms with Crippen molar-refractivity contribution < 1.29 is 47.6 Å².